The summed E-state index contributed by atoms with van der Waals surface area (Å²) in [6.07, 6.45) is 0. The first-order valence-corrected chi connectivity index (χ1v) is 11.7. The first-order valence-electron chi connectivity index (χ1n) is 8.58. The number of sulfone groups is 1. The Hall–Kier alpha value is -1.97. The Labute approximate surface area is 159 Å². The van der Waals surface area contributed by atoms with Gasteiger partial charge in [0, 0.05) is 31.9 Å². The van der Waals surface area contributed by atoms with E-state index in [-0.39, 0.29) is 28.6 Å². The van der Waals surface area contributed by atoms with E-state index in [9.17, 15) is 21.2 Å². The molecule has 1 heterocycles. The fraction of sp³-hybridized carbons (Fsp3) is 0.333. The molecule has 9 heteroatoms. The van der Waals surface area contributed by atoms with Crippen molar-refractivity contribution in [3.8, 4) is 0 Å². The molecule has 2 aromatic carbocycles. The molecule has 0 bridgehead atoms. The van der Waals surface area contributed by atoms with Crippen LogP contribution < -0.4 is 4.90 Å². The number of halogens is 1. The smallest absolute Gasteiger partial charge is 0.246 e. The van der Waals surface area contributed by atoms with E-state index in [4.69, 9.17) is 0 Å². The van der Waals surface area contributed by atoms with E-state index in [1.54, 1.807) is 31.2 Å². The maximum absolute atomic E-state index is 13.9. The van der Waals surface area contributed by atoms with Crippen molar-refractivity contribution >= 4 is 25.5 Å². The summed E-state index contributed by atoms with van der Waals surface area (Å²) in [6, 6.07) is 11.9. The lowest BCUT2D eigenvalue weighted by molar-refractivity contribution is 0.382. The highest BCUT2D eigenvalue weighted by molar-refractivity contribution is 7.91. The first-order chi connectivity index (χ1) is 12.8. The Morgan fingerprint density at radius 1 is 0.889 bits per heavy atom. The molecule has 1 saturated heterocycles. The second kappa shape index (κ2) is 7.57. The maximum atomic E-state index is 13.9. The molecule has 0 aliphatic carbocycles. The number of hydrogen-bond acceptors (Lipinski definition) is 5. The number of hydrogen-bond donors (Lipinski definition) is 0. The molecule has 0 spiro atoms. The zero-order valence-electron chi connectivity index (χ0n) is 14.9. The van der Waals surface area contributed by atoms with E-state index in [2.05, 4.69) is 0 Å². The molecule has 1 aliphatic heterocycles. The molecule has 0 radical (unpaired) electrons. The van der Waals surface area contributed by atoms with E-state index >= 15 is 0 Å². The summed E-state index contributed by atoms with van der Waals surface area (Å²) in [7, 11) is -7.13. The van der Waals surface area contributed by atoms with Gasteiger partial charge in [-0.1, -0.05) is 19.1 Å². The summed E-state index contributed by atoms with van der Waals surface area (Å²) in [4.78, 5) is 1.94. The predicted molar refractivity (Wildman–Crippen MR) is 102 cm³/mol. The van der Waals surface area contributed by atoms with Crippen LogP contribution in [0, 0.1) is 5.82 Å². The Bertz CT molecular complexity index is 1010. The van der Waals surface area contributed by atoms with Gasteiger partial charge >= 0.3 is 0 Å². The summed E-state index contributed by atoms with van der Waals surface area (Å²) in [5, 5.41) is 0. The molecule has 0 unspecified atom stereocenters. The van der Waals surface area contributed by atoms with Crippen LogP contribution in [0.4, 0.5) is 10.1 Å². The van der Waals surface area contributed by atoms with Gasteiger partial charge < -0.3 is 4.90 Å². The fourth-order valence-corrected chi connectivity index (χ4v) is 5.38. The highest BCUT2D eigenvalue weighted by atomic mass is 32.2. The van der Waals surface area contributed by atoms with Crippen molar-refractivity contribution in [2.75, 3.05) is 36.8 Å². The molecule has 27 heavy (non-hydrogen) atoms. The molecule has 3 rings (SSSR count). The molecule has 0 aromatic heterocycles. The standard InChI is InChI=1S/C18H21FN2O4S2/c1-2-26(22,23)16-9-7-15(8-10-16)20-11-13-21(14-12-20)27(24,25)18-6-4-3-5-17(18)19/h3-10H,2,11-14H2,1H3. The van der Waals surface area contributed by atoms with Gasteiger partial charge in [0.25, 0.3) is 0 Å². The van der Waals surface area contributed by atoms with Crippen molar-refractivity contribution < 1.29 is 21.2 Å². The monoisotopic (exact) mass is 412 g/mol. The molecule has 2 aromatic rings. The highest BCUT2D eigenvalue weighted by Crippen LogP contribution is 2.24. The minimum Gasteiger partial charge on any atom is -0.369 e. The van der Waals surface area contributed by atoms with E-state index < -0.39 is 25.7 Å². The van der Waals surface area contributed by atoms with Crippen LogP contribution in [0.1, 0.15) is 6.92 Å². The minimum atomic E-state index is -3.88. The second-order valence-corrected chi connectivity index (χ2v) is 10.4. The van der Waals surface area contributed by atoms with Crippen LogP contribution >= 0.6 is 0 Å². The van der Waals surface area contributed by atoms with Crippen molar-refractivity contribution in [1.29, 1.82) is 0 Å². The van der Waals surface area contributed by atoms with Gasteiger partial charge in [-0.15, -0.1) is 0 Å². The van der Waals surface area contributed by atoms with Crippen LogP contribution in [0.25, 0.3) is 0 Å². The Kier molecular flexibility index (Phi) is 5.55. The number of anilines is 1. The van der Waals surface area contributed by atoms with Gasteiger partial charge in [0.1, 0.15) is 10.7 Å². The maximum Gasteiger partial charge on any atom is 0.246 e. The summed E-state index contributed by atoms with van der Waals surface area (Å²) < 4.78 is 64.2. The SMILES string of the molecule is CCS(=O)(=O)c1ccc(N2CCN(S(=O)(=O)c3ccccc3F)CC2)cc1. The lowest BCUT2D eigenvalue weighted by atomic mass is 10.2. The van der Waals surface area contributed by atoms with Gasteiger partial charge in [-0.05, 0) is 36.4 Å². The van der Waals surface area contributed by atoms with Gasteiger partial charge in [-0.3, -0.25) is 0 Å². The molecule has 0 saturated carbocycles. The average Bonchev–Trinajstić information content (AvgIpc) is 2.68. The summed E-state index contributed by atoms with van der Waals surface area (Å²) in [5.74, 6) is -0.716. The van der Waals surface area contributed by atoms with Crippen molar-refractivity contribution in [3.05, 3.63) is 54.3 Å². The first kappa shape index (κ1) is 19.8. The van der Waals surface area contributed by atoms with Crippen LogP contribution in [-0.2, 0) is 19.9 Å². The van der Waals surface area contributed by atoms with Crippen LogP contribution in [-0.4, -0.2) is 53.1 Å². The average molecular weight is 413 g/mol. The predicted octanol–water partition coefficient (Wildman–Crippen LogP) is 2.13. The highest BCUT2D eigenvalue weighted by Gasteiger charge is 2.30. The molecule has 0 atom stereocenters. The minimum absolute atomic E-state index is 0.0406. The van der Waals surface area contributed by atoms with Crippen LogP contribution in [0.5, 0.6) is 0 Å². The topological polar surface area (TPSA) is 74.8 Å². The van der Waals surface area contributed by atoms with E-state index in [0.29, 0.717) is 13.1 Å². The van der Waals surface area contributed by atoms with E-state index in [0.717, 1.165) is 11.8 Å². The summed E-state index contributed by atoms with van der Waals surface area (Å²) in [6.45, 7) is 2.93. The summed E-state index contributed by atoms with van der Waals surface area (Å²) in [5.41, 5.74) is 0.827. The zero-order valence-corrected chi connectivity index (χ0v) is 16.5. The number of piperazine rings is 1. The quantitative estimate of drug-likeness (QED) is 0.752. The largest absolute Gasteiger partial charge is 0.369 e. The molecule has 1 aliphatic rings. The molecule has 146 valence electrons. The Morgan fingerprint density at radius 3 is 2.04 bits per heavy atom. The molecule has 6 nitrogen and oxygen atoms in total. The molecular weight excluding hydrogens is 391 g/mol. The number of nitrogens with zero attached hydrogens (tertiary/aromatic N) is 2. The third-order valence-corrected chi connectivity index (χ3v) is 8.32. The molecule has 1 fully saturated rings. The van der Waals surface area contributed by atoms with Crippen LogP contribution in [0.2, 0.25) is 0 Å². The van der Waals surface area contributed by atoms with E-state index in [1.807, 2.05) is 4.90 Å². The number of sulfonamides is 1. The third kappa shape index (κ3) is 3.99. The van der Waals surface area contributed by atoms with Crippen LogP contribution in [0.15, 0.2) is 58.3 Å². The van der Waals surface area contributed by atoms with Crippen molar-refractivity contribution in [2.45, 2.75) is 16.7 Å². The number of rotatable bonds is 5. The van der Waals surface area contributed by atoms with Gasteiger partial charge in [-0.2, -0.15) is 4.31 Å². The Balaban J connectivity index is 1.71. The second-order valence-electron chi connectivity index (χ2n) is 6.22. The van der Waals surface area contributed by atoms with Gasteiger partial charge in [0.05, 0.1) is 10.6 Å². The lowest BCUT2D eigenvalue weighted by Crippen LogP contribution is -2.48. The molecule has 0 amide bonds. The van der Waals surface area contributed by atoms with E-state index in [1.165, 1.54) is 22.5 Å². The lowest BCUT2D eigenvalue weighted by Gasteiger charge is -2.35. The van der Waals surface area contributed by atoms with Gasteiger partial charge in [0.15, 0.2) is 9.84 Å². The third-order valence-electron chi connectivity index (χ3n) is 4.63. The van der Waals surface area contributed by atoms with Crippen molar-refractivity contribution in [1.82, 2.24) is 4.31 Å². The normalized spacial score (nSPS) is 16.4. The summed E-state index contributed by atoms with van der Waals surface area (Å²) >= 11 is 0. The van der Waals surface area contributed by atoms with Gasteiger partial charge in [0.2, 0.25) is 10.0 Å². The Morgan fingerprint density at radius 2 is 1.48 bits per heavy atom. The molecular formula is C18H21FN2O4S2. The van der Waals surface area contributed by atoms with Crippen molar-refractivity contribution in [3.63, 3.8) is 0 Å². The fourth-order valence-electron chi connectivity index (χ4n) is 3.01. The van der Waals surface area contributed by atoms with Crippen molar-refractivity contribution in [2.24, 2.45) is 0 Å². The van der Waals surface area contributed by atoms with Crippen LogP contribution in [0.3, 0.4) is 0 Å². The zero-order chi connectivity index (χ0) is 19.7. The van der Waals surface area contributed by atoms with Gasteiger partial charge in [-0.25, -0.2) is 21.2 Å². The molecule has 0 N–H and O–H groups in total. The number of benzene rings is 2.